The van der Waals surface area contributed by atoms with Gasteiger partial charge in [0.05, 0.1) is 0 Å². The van der Waals surface area contributed by atoms with Crippen molar-refractivity contribution in [3.63, 3.8) is 0 Å². The Balaban J connectivity index is 2.39. The molecule has 2 heteroatoms. The highest BCUT2D eigenvalue weighted by molar-refractivity contribution is 5.72. The molecule has 0 spiro atoms. The molecule has 2 nitrogen and oxygen atoms in total. The highest BCUT2D eigenvalue weighted by atomic mass is 16.4. The Morgan fingerprint density at radius 3 is 2.33 bits per heavy atom. The van der Waals surface area contributed by atoms with Crippen LogP contribution in [0.2, 0.25) is 0 Å². The van der Waals surface area contributed by atoms with Gasteiger partial charge in [-0.15, -0.1) is 0 Å². The van der Waals surface area contributed by atoms with E-state index in [1.165, 1.54) is 25.7 Å². The van der Waals surface area contributed by atoms with Gasteiger partial charge < -0.3 is 9.90 Å². The Bertz CT molecular complexity index is 193. The predicted molar refractivity (Wildman–Crippen MR) is 59.3 cm³/mol. The van der Waals surface area contributed by atoms with Crippen molar-refractivity contribution >= 4 is 5.97 Å². The molecule has 0 bridgehead atoms. The van der Waals surface area contributed by atoms with Crippen molar-refractivity contribution in [1.29, 1.82) is 0 Å². The Morgan fingerprint density at radius 2 is 1.80 bits per heavy atom. The molecule has 0 heterocycles. The first-order chi connectivity index (χ1) is 7.21. The van der Waals surface area contributed by atoms with Crippen molar-refractivity contribution in [1.82, 2.24) is 0 Å². The SMILES string of the molecule is CCCCCCC1(C(=O)[O-])CCCCC1. The second-order valence-corrected chi connectivity index (χ2v) is 4.94. The number of carbonyl (C=O) groups is 1. The number of carbonyl (C=O) groups excluding carboxylic acids is 1. The molecular formula is C13H23O2-. The molecule has 0 aromatic rings. The average molecular weight is 211 g/mol. The molecule has 1 rings (SSSR count). The van der Waals surface area contributed by atoms with Crippen LogP contribution < -0.4 is 5.11 Å². The lowest BCUT2D eigenvalue weighted by Crippen LogP contribution is -2.43. The van der Waals surface area contributed by atoms with Crippen molar-refractivity contribution < 1.29 is 9.90 Å². The molecule has 1 fully saturated rings. The van der Waals surface area contributed by atoms with E-state index in [1.807, 2.05) is 0 Å². The Labute approximate surface area is 93.1 Å². The number of hydrogen-bond acceptors (Lipinski definition) is 2. The summed E-state index contributed by atoms with van der Waals surface area (Å²) in [6.07, 6.45) is 10.5. The van der Waals surface area contributed by atoms with Gasteiger partial charge in [0.2, 0.25) is 0 Å². The van der Waals surface area contributed by atoms with Crippen molar-refractivity contribution in [2.75, 3.05) is 0 Å². The van der Waals surface area contributed by atoms with E-state index in [0.29, 0.717) is 0 Å². The van der Waals surface area contributed by atoms with Gasteiger partial charge in [0.15, 0.2) is 0 Å². The number of hydrogen-bond donors (Lipinski definition) is 0. The molecule has 15 heavy (non-hydrogen) atoms. The van der Waals surface area contributed by atoms with Gasteiger partial charge in [-0.25, -0.2) is 0 Å². The van der Waals surface area contributed by atoms with Crippen LogP contribution in [0.25, 0.3) is 0 Å². The van der Waals surface area contributed by atoms with Crippen LogP contribution in [-0.2, 0) is 4.79 Å². The first kappa shape index (κ1) is 12.5. The maximum atomic E-state index is 11.2. The van der Waals surface area contributed by atoms with Crippen molar-refractivity contribution in [2.45, 2.75) is 71.1 Å². The molecule has 0 N–H and O–H groups in total. The van der Waals surface area contributed by atoms with Gasteiger partial charge in [-0.3, -0.25) is 0 Å². The summed E-state index contributed by atoms with van der Waals surface area (Å²) in [5, 5.41) is 11.2. The number of carboxylic acids is 1. The van der Waals surface area contributed by atoms with Crippen LogP contribution in [-0.4, -0.2) is 5.97 Å². The van der Waals surface area contributed by atoms with E-state index >= 15 is 0 Å². The quantitative estimate of drug-likeness (QED) is 0.634. The van der Waals surface area contributed by atoms with E-state index in [2.05, 4.69) is 6.92 Å². The molecule has 0 atom stereocenters. The summed E-state index contributed by atoms with van der Waals surface area (Å²) >= 11 is 0. The molecule has 0 unspecified atom stereocenters. The summed E-state index contributed by atoms with van der Waals surface area (Å²) in [6, 6.07) is 0. The van der Waals surface area contributed by atoms with Gasteiger partial charge in [0, 0.05) is 11.4 Å². The minimum Gasteiger partial charge on any atom is -0.550 e. The zero-order valence-electron chi connectivity index (χ0n) is 9.89. The fourth-order valence-electron chi connectivity index (χ4n) is 2.67. The summed E-state index contributed by atoms with van der Waals surface area (Å²) < 4.78 is 0. The molecule has 0 amide bonds. The van der Waals surface area contributed by atoms with Crippen molar-refractivity contribution in [2.24, 2.45) is 5.41 Å². The zero-order chi connectivity index (χ0) is 11.1. The van der Waals surface area contributed by atoms with Crippen LogP contribution in [0.5, 0.6) is 0 Å². The third-order valence-electron chi connectivity index (χ3n) is 3.75. The normalized spacial score (nSPS) is 20.1. The first-order valence-electron chi connectivity index (χ1n) is 6.43. The fraction of sp³-hybridized carbons (Fsp3) is 0.923. The number of aliphatic carboxylic acids is 1. The lowest BCUT2D eigenvalue weighted by atomic mass is 9.71. The summed E-state index contributed by atoms with van der Waals surface area (Å²) in [6.45, 7) is 2.18. The summed E-state index contributed by atoms with van der Waals surface area (Å²) in [5.41, 5.74) is -0.466. The Kier molecular flexibility index (Phi) is 5.13. The second kappa shape index (κ2) is 6.14. The van der Waals surface area contributed by atoms with E-state index in [9.17, 15) is 9.90 Å². The van der Waals surface area contributed by atoms with E-state index in [0.717, 1.165) is 38.5 Å². The first-order valence-corrected chi connectivity index (χ1v) is 6.43. The van der Waals surface area contributed by atoms with E-state index < -0.39 is 11.4 Å². The highest BCUT2D eigenvalue weighted by Crippen LogP contribution is 2.40. The Hall–Kier alpha value is -0.530. The smallest absolute Gasteiger partial charge is 0.0476 e. The molecule has 0 saturated heterocycles. The van der Waals surface area contributed by atoms with Gasteiger partial charge in [-0.05, 0) is 19.3 Å². The number of rotatable bonds is 6. The molecule has 0 radical (unpaired) electrons. The van der Waals surface area contributed by atoms with Crippen LogP contribution >= 0.6 is 0 Å². The van der Waals surface area contributed by atoms with Crippen LogP contribution in [0.1, 0.15) is 71.1 Å². The van der Waals surface area contributed by atoms with E-state index in [4.69, 9.17) is 0 Å². The summed E-state index contributed by atoms with van der Waals surface area (Å²) in [5.74, 6) is -0.793. The standard InChI is InChI=1S/C13H24O2/c1-2-3-4-6-9-13(12(14)15)10-7-5-8-11-13/h2-11H2,1H3,(H,14,15)/p-1. The van der Waals surface area contributed by atoms with Gasteiger partial charge in [-0.2, -0.15) is 0 Å². The summed E-state index contributed by atoms with van der Waals surface area (Å²) in [7, 11) is 0. The van der Waals surface area contributed by atoms with E-state index in [1.54, 1.807) is 0 Å². The Morgan fingerprint density at radius 1 is 1.13 bits per heavy atom. The van der Waals surface area contributed by atoms with Crippen molar-refractivity contribution in [3.8, 4) is 0 Å². The molecule has 0 aromatic carbocycles. The largest absolute Gasteiger partial charge is 0.550 e. The molecule has 0 aliphatic heterocycles. The average Bonchev–Trinajstić information content (AvgIpc) is 2.26. The topological polar surface area (TPSA) is 40.1 Å². The number of carboxylic acid groups (broad SMARTS) is 1. The second-order valence-electron chi connectivity index (χ2n) is 4.94. The zero-order valence-corrected chi connectivity index (χ0v) is 9.89. The molecular weight excluding hydrogens is 188 g/mol. The highest BCUT2D eigenvalue weighted by Gasteiger charge is 2.32. The van der Waals surface area contributed by atoms with Gasteiger partial charge in [0.25, 0.3) is 0 Å². The van der Waals surface area contributed by atoms with Crippen molar-refractivity contribution in [3.05, 3.63) is 0 Å². The monoisotopic (exact) mass is 211 g/mol. The minimum atomic E-state index is -0.793. The molecule has 88 valence electrons. The third kappa shape index (κ3) is 3.51. The maximum Gasteiger partial charge on any atom is 0.0476 e. The van der Waals surface area contributed by atoms with Crippen LogP contribution in [0.4, 0.5) is 0 Å². The fourth-order valence-corrected chi connectivity index (χ4v) is 2.67. The lowest BCUT2D eigenvalue weighted by molar-refractivity contribution is -0.321. The van der Waals surface area contributed by atoms with Crippen LogP contribution in [0.15, 0.2) is 0 Å². The van der Waals surface area contributed by atoms with Crippen LogP contribution in [0, 0.1) is 5.41 Å². The maximum absolute atomic E-state index is 11.2. The molecule has 1 aliphatic rings. The minimum absolute atomic E-state index is 0.466. The number of unbranched alkanes of at least 4 members (excludes halogenated alkanes) is 3. The van der Waals surface area contributed by atoms with Gasteiger partial charge in [0.1, 0.15) is 0 Å². The summed E-state index contributed by atoms with van der Waals surface area (Å²) in [4.78, 5) is 11.2. The lowest BCUT2D eigenvalue weighted by Gasteiger charge is -2.38. The van der Waals surface area contributed by atoms with Crippen LogP contribution in [0.3, 0.4) is 0 Å². The molecule has 0 aromatic heterocycles. The van der Waals surface area contributed by atoms with Gasteiger partial charge in [-0.1, -0.05) is 51.9 Å². The van der Waals surface area contributed by atoms with Gasteiger partial charge >= 0.3 is 0 Å². The third-order valence-corrected chi connectivity index (χ3v) is 3.75. The van der Waals surface area contributed by atoms with E-state index in [-0.39, 0.29) is 0 Å². The molecule has 1 saturated carbocycles. The molecule has 1 aliphatic carbocycles. The predicted octanol–water partition coefficient (Wildman–Crippen LogP) is 2.66.